The van der Waals surface area contributed by atoms with Crippen LogP contribution < -0.4 is 5.32 Å². The van der Waals surface area contributed by atoms with Gasteiger partial charge in [0.1, 0.15) is 5.82 Å². The quantitative estimate of drug-likeness (QED) is 0.898. The molecule has 0 fully saturated rings. The Labute approximate surface area is 113 Å². The molecule has 4 heteroatoms. The summed E-state index contributed by atoms with van der Waals surface area (Å²) in [5.74, 6) is -0.233. The average molecular weight is 261 g/mol. The van der Waals surface area contributed by atoms with Gasteiger partial charge in [0.15, 0.2) is 0 Å². The van der Waals surface area contributed by atoms with E-state index in [0.717, 1.165) is 11.1 Å². The van der Waals surface area contributed by atoms with E-state index in [4.69, 9.17) is 0 Å². The lowest BCUT2D eigenvalue weighted by Gasteiger charge is -2.11. The molecule has 0 atom stereocenters. The van der Waals surface area contributed by atoms with Crippen molar-refractivity contribution in [2.75, 3.05) is 5.32 Å². The smallest absolute Gasteiger partial charge is 0.146 e. The summed E-state index contributed by atoms with van der Waals surface area (Å²) in [5.41, 5.74) is 2.32. The van der Waals surface area contributed by atoms with Crippen molar-refractivity contribution in [1.82, 2.24) is 9.78 Å². The Morgan fingerprint density at radius 2 is 1.89 bits per heavy atom. The molecule has 1 aromatic heterocycles. The Morgan fingerprint density at radius 3 is 2.42 bits per heavy atom. The molecule has 0 unspecified atom stereocenters. The minimum Gasteiger partial charge on any atom is -0.381 e. The molecule has 3 nitrogen and oxygen atoms in total. The number of nitrogens with one attached hydrogen (secondary N) is 1. The van der Waals surface area contributed by atoms with E-state index in [2.05, 4.69) is 24.3 Å². The van der Waals surface area contributed by atoms with E-state index in [0.29, 0.717) is 11.7 Å². The van der Waals surface area contributed by atoms with Gasteiger partial charge in [0.05, 0.1) is 11.9 Å². The first-order valence-corrected chi connectivity index (χ1v) is 6.58. The molecule has 0 aliphatic carbocycles. The predicted octanol–water partition coefficient (Wildman–Crippen LogP) is 4.09. The van der Waals surface area contributed by atoms with E-state index in [-0.39, 0.29) is 11.9 Å². The Hall–Kier alpha value is -1.84. The first kappa shape index (κ1) is 13.6. The highest BCUT2D eigenvalue weighted by atomic mass is 19.1. The van der Waals surface area contributed by atoms with Crippen LogP contribution in [0.3, 0.4) is 0 Å². The van der Waals surface area contributed by atoms with Crippen LogP contribution in [0.4, 0.5) is 10.1 Å². The van der Waals surface area contributed by atoms with Crippen molar-refractivity contribution in [3.8, 4) is 11.1 Å². The topological polar surface area (TPSA) is 29.9 Å². The molecule has 0 bridgehead atoms. The van der Waals surface area contributed by atoms with Gasteiger partial charge in [-0.15, -0.1) is 0 Å². The van der Waals surface area contributed by atoms with Gasteiger partial charge in [-0.2, -0.15) is 5.10 Å². The molecular formula is C15H20FN3. The van der Waals surface area contributed by atoms with Gasteiger partial charge in [0, 0.05) is 23.8 Å². The van der Waals surface area contributed by atoms with Gasteiger partial charge in [0.2, 0.25) is 0 Å². The summed E-state index contributed by atoms with van der Waals surface area (Å²) < 4.78 is 15.8. The van der Waals surface area contributed by atoms with Crippen LogP contribution in [0.25, 0.3) is 11.1 Å². The van der Waals surface area contributed by atoms with E-state index < -0.39 is 0 Å². The largest absolute Gasteiger partial charge is 0.381 e. The zero-order chi connectivity index (χ0) is 14.0. The van der Waals surface area contributed by atoms with Crippen molar-refractivity contribution >= 4 is 5.69 Å². The fraction of sp³-hybridized carbons (Fsp3) is 0.400. The van der Waals surface area contributed by atoms with Crippen LogP contribution in [0.15, 0.2) is 30.6 Å². The number of halogens is 1. The zero-order valence-electron chi connectivity index (χ0n) is 11.8. The highest BCUT2D eigenvalue weighted by molar-refractivity contribution is 5.65. The van der Waals surface area contributed by atoms with Crippen LogP contribution in [-0.4, -0.2) is 15.8 Å². The van der Waals surface area contributed by atoms with Gasteiger partial charge in [-0.05, 0) is 45.4 Å². The number of benzene rings is 1. The predicted molar refractivity (Wildman–Crippen MR) is 76.8 cm³/mol. The summed E-state index contributed by atoms with van der Waals surface area (Å²) in [5, 5.41) is 7.35. The summed E-state index contributed by atoms with van der Waals surface area (Å²) in [6.45, 7) is 8.10. The number of hydrogen-bond donors (Lipinski definition) is 1. The molecule has 0 radical (unpaired) electrons. The second-order valence-electron chi connectivity index (χ2n) is 5.30. The van der Waals surface area contributed by atoms with Gasteiger partial charge in [-0.25, -0.2) is 4.39 Å². The number of aromatic nitrogens is 2. The molecule has 2 aromatic rings. The van der Waals surface area contributed by atoms with Gasteiger partial charge in [0.25, 0.3) is 0 Å². The second kappa shape index (κ2) is 5.43. The van der Waals surface area contributed by atoms with Crippen LogP contribution in [0.1, 0.15) is 33.7 Å². The molecule has 0 aliphatic rings. The Kier molecular flexibility index (Phi) is 3.88. The fourth-order valence-electron chi connectivity index (χ4n) is 1.89. The van der Waals surface area contributed by atoms with Crippen LogP contribution in [0.2, 0.25) is 0 Å². The van der Waals surface area contributed by atoms with E-state index in [1.165, 1.54) is 0 Å². The highest BCUT2D eigenvalue weighted by Gasteiger charge is 2.08. The summed E-state index contributed by atoms with van der Waals surface area (Å²) in [4.78, 5) is 0. The SMILES string of the molecule is CC(C)Nc1ccc(-c2cnn(C(C)C)c2)cc1F. The number of hydrogen-bond acceptors (Lipinski definition) is 2. The lowest BCUT2D eigenvalue weighted by Crippen LogP contribution is -2.10. The normalized spacial score (nSPS) is 11.3. The van der Waals surface area contributed by atoms with Crippen LogP contribution >= 0.6 is 0 Å². The Balaban J connectivity index is 2.28. The van der Waals surface area contributed by atoms with Gasteiger partial charge in [-0.1, -0.05) is 6.07 Å². The van der Waals surface area contributed by atoms with Crippen molar-refractivity contribution in [2.24, 2.45) is 0 Å². The lowest BCUT2D eigenvalue weighted by molar-refractivity contribution is 0.532. The van der Waals surface area contributed by atoms with Crippen LogP contribution in [0, 0.1) is 5.82 Å². The molecular weight excluding hydrogens is 241 g/mol. The maximum absolute atomic E-state index is 14.0. The third-order valence-electron chi connectivity index (χ3n) is 2.88. The van der Waals surface area contributed by atoms with E-state index >= 15 is 0 Å². The number of rotatable bonds is 4. The summed E-state index contributed by atoms with van der Waals surface area (Å²) in [7, 11) is 0. The molecule has 102 valence electrons. The zero-order valence-corrected chi connectivity index (χ0v) is 11.8. The van der Waals surface area contributed by atoms with Gasteiger partial charge in [-0.3, -0.25) is 4.68 Å². The third kappa shape index (κ3) is 3.13. The second-order valence-corrected chi connectivity index (χ2v) is 5.30. The molecule has 0 aliphatic heterocycles. The maximum Gasteiger partial charge on any atom is 0.146 e. The van der Waals surface area contributed by atoms with Crippen molar-refractivity contribution in [3.63, 3.8) is 0 Å². The number of nitrogens with zero attached hydrogens (tertiary/aromatic N) is 2. The van der Waals surface area contributed by atoms with E-state index in [9.17, 15) is 4.39 Å². The molecule has 0 saturated carbocycles. The fourth-order valence-corrected chi connectivity index (χ4v) is 1.89. The third-order valence-corrected chi connectivity index (χ3v) is 2.88. The highest BCUT2D eigenvalue weighted by Crippen LogP contribution is 2.25. The first-order valence-electron chi connectivity index (χ1n) is 6.58. The molecule has 0 spiro atoms. The molecule has 19 heavy (non-hydrogen) atoms. The van der Waals surface area contributed by atoms with Crippen LogP contribution in [0.5, 0.6) is 0 Å². The maximum atomic E-state index is 14.0. The van der Waals surface area contributed by atoms with Crippen molar-refractivity contribution in [1.29, 1.82) is 0 Å². The Morgan fingerprint density at radius 1 is 1.16 bits per heavy atom. The van der Waals surface area contributed by atoms with Gasteiger partial charge < -0.3 is 5.32 Å². The minimum atomic E-state index is -0.233. The van der Waals surface area contributed by atoms with Crippen molar-refractivity contribution in [3.05, 3.63) is 36.4 Å². The standard InChI is InChI=1S/C15H20FN3/c1-10(2)18-15-6-5-12(7-14(15)16)13-8-17-19(9-13)11(3)4/h5-11,18H,1-4H3. The van der Waals surface area contributed by atoms with E-state index in [1.807, 2.05) is 30.8 Å². The monoisotopic (exact) mass is 261 g/mol. The van der Waals surface area contributed by atoms with Crippen molar-refractivity contribution < 1.29 is 4.39 Å². The summed E-state index contributed by atoms with van der Waals surface area (Å²) in [6, 6.07) is 5.75. The molecule has 0 amide bonds. The first-order chi connectivity index (χ1) is 8.97. The number of anilines is 1. The minimum absolute atomic E-state index is 0.212. The average Bonchev–Trinajstić information content (AvgIpc) is 2.80. The van der Waals surface area contributed by atoms with Gasteiger partial charge >= 0.3 is 0 Å². The summed E-state index contributed by atoms with van der Waals surface area (Å²) >= 11 is 0. The van der Waals surface area contributed by atoms with Crippen molar-refractivity contribution in [2.45, 2.75) is 39.8 Å². The molecule has 0 saturated heterocycles. The lowest BCUT2D eigenvalue weighted by atomic mass is 10.1. The van der Waals surface area contributed by atoms with E-state index in [1.54, 1.807) is 18.3 Å². The van der Waals surface area contributed by atoms with Crippen LogP contribution in [-0.2, 0) is 0 Å². The molecule has 2 rings (SSSR count). The molecule has 1 heterocycles. The summed E-state index contributed by atoms with van der Waals surface area (Å²) in [6.07, 6.45) is 3.71. The molecule has 1 aromatic carbocycles. The Bertz CT molecular complexity index is 558. The molecule has 1 N–H and O–H groups in total.